The highest BCUT2D eigenvalue weighted by Crippen LogP contribution is 2.27. The van der Waals surface area contributed by atoms with Gasteiger partial charge in [-0.15, -0.1) is 0 Å². The minimum atomic E-state index is -1.29. The predicted octanol–water partition coefficient (Wildman–Crippen LogP) is -0.118. The van der Waals surface area contributed by atoms with Gasteiger partial charge < -0.3 is 5.73 Å². The van der Waals surface area contributed by atoms with Crippen LogP contribution < -0.4 is 5.73 Å². The van der Waals surface area contributed by atoms with Crippen LogP contribution in [0.25, 0.3) is 0 Å². The lowest BCUT2D eigenvalue weighted by atomic mass is 10.4. The normalized spacial score (nSPS) is 43.0. The molecule has 6 heavy (non-hydrogen) atoms. The Kier molecular flexibility index (Phi) is 0.315. The monoisotopic (exact) mass is 87.1 g/mol. The van der Waals surface area contributed by atoms with E-state index >= 15 is 0 Å². The van der Waals surface area contributed by atoms with E-state index in [0.717, 1.165) is 0 Å². The lowest BCUT2D eigenvalue weighted by Gasteiger charge is -1.77. The van der Waals surface area contributed by atoms with Crippen LogP contribution in [0.3, 0.4) is 0 Å². The van der Waals surface area contributed by atoms with Gasteiger partial charge in [0.05, 0.1) is 0 Å². The molecule has 1 amide bonds. The molecule has 1 rings (SSSR count). The molecule has 0 spiro atoms. The van der Waals surface area contributed by atoms with E-state index < -0.39 is 18.2 Å². The summed E-state index contributed by atoms with van der Waals surface area (Å²) < 4.78 is 13.8. The van der Waals surface area contributed by atoms with E-state index in [1.165, 1.54) is 0 Å². The maximum atomic E-state index is 10.2. The summed E-state index contributed by atoms with van der Waals surface area (Å²) in [6.07, 6.45) is -0.978. The zero-order valence-electron chi connectivity index (χ0n) is 5.27. The molecular weight excluding hydrogens is 78.0 g/mol. The number of carbonyl (C=O) groups excluding carboxylic acids is 1. The standard InChI is InChI=1S/C4H7NO/c5-4(6)3-1-2-3/h3H,1-2H2,(H2,5,6)/i1D2. The van der Waals surface area contributed by atoms with Gasteiger partial charge in [-0.3, -0.25) is 4.79 Å². The Balaban J connectivity index is 2.48. The minimum Gasteiger partial charge on any atom is -0.369 e. The number of primary amides is 1. The SMILES string of the molecule is [2H]C1([2H])CC1C(N)=O. The van der Waals surface area contributed by atoms with Gasteiger partial charge in [-0.05, 0) is 12.8 Å². The quantitative estimate of drug-likeness (QED) is 0.476. The number of carbonyl (C=O) groups is 1. The number of nitrogens with two attached hydrogens (primary N) is 1. The van der Waals surface area contributed by atoms with Crippen LogP contribution >= 0.6 is 0 Å². The van der Waals surface area contributed by atoms with Crippen molar-refractivity contribution in [3.05, 3.63) is 0 Å². The summed E-state index contributed by atoms with van der Waals surface area (Å²) in [7, 11) is 0. The second-order valence-electron chi connectivity index (χ2n) is 1.36. The van der Waals surface area contributed by atoms with E-state index in [1.807, 2.05) is 0 Å². The third kappa shape index (κ3) is 0.506. The zero-order chi connectivity index (χ0) is 6.36. The molecule has 0 radical (unpaired) electrons. The summed E-state index contributed by atoms with van der Waals surface area (Å²) in [6, 6.07) is 0. The molecule has 1 saturated carbocycles. The molecule has 0 aromatic rings. The highest BCUT2D eigenvalue weighted by molar-refractivity contribution is 5.78. The van der Waals surface area contributed by atoms with E-state index in [1.54, 1.807) is 0 Å². The molecule has 1 aliphatic rings. The fourth-order valence-corrected chi connectivity index (χ4v) is 0.260. The predicted molar refractivity (Wildman–Crippen MR) is 21.9 cm³/mol. The molecule has 2 heteroatoms. The largest absolute Gasteiger partial charge is 0.369 e. The van der Waals surface area contributed by atoms with Gasteiger partial charge >= 0.3 is 0 Å². The summed E-state index contributed by atoms with van der Waals surface area (Å²) in [4.78, 5) is 10.2. The van der Waals surface area contributed by atoms with Crippen molar-refractivity contribution in [2.45, 2.75) is 12.8 Å². The van der Waals surface area contributed by atoms with E-state index in [4.69, 9.17) is 8.48 Å². The van der Waals surface area contributed by atoms with Gasteiger partial charge in [0.15, 0.2) is 0 Å². The first-order chi connectivity index (χ1) is 3.54. The second-order valence-corrected chi connectivity index (χ2v) is 1.36. The fraction of sp³-hybridized carbons (Fsp3) is 0.750. The Morgan fingerprint density at radius 1 is 2.17 bits per heavy atom. The van der Waals surface area contributed by atoms with Gasteiger partial charge in [-0.25, -0.2) is 0 Å². The molecule has 0 saturated heterocycles. The molecule has 0 aromatic heterocycles. The van der Waals surface area contributed by atoms with E-state index in [0.29, 0.717) is 6.42 Å². The van der Waals surface area contributed by atoms with Crippen molar-refractivity contribution in [1.82, 2.24) is 0 Å². The summed E-state index contributed by atoms with van der Waals surface area (Å²) >= 11 is 0. The first-order valence-electron chi connectivity index (χ1n) is 2.83. The second kappa shape index (κ2) is 0.965. The fourth-order valence-electron chi connectivity index (χ4n) is 0.260. The number of rotatable bonds is 1. The number of hydrogen-bond donors (Lipinski definition) is 1. The Hall–Kier alpha value is -0.530. The smallest absolute Gasteiger partial charge is 0.220 e. The Bertz CT molecular complexity index is 134. The molecule has 0 heterocycles. The summed E-state index contributed by atoms with van der Waals surface area (Å²) in [5.74, 6) is -1.03. The molecular formula is C4H7NO. The first kappa shape index (κ1) is 1.96. The van der Waals surface area contributed by atoms with Gasteiger partial charge in [0, 0.05) is 8.66 Å². The van der Waals surface area contributed by atoms with Crippen LogP contribution in [0.2, 0.25) is 0 Å². The Morgan fingerprint density at radius 2 is 2.67 bits per heavy atom. The topological polar surface area (TPSA) is 43.1 Å². The van der Waals surface area contributed by atoms with Crippen LogP contribution in [0.5, 0.6) is 0 Å². The Labute approximate surface area is 39.1 Å². The van der Waals surface area contributed by atoms with Gasteiger partial charge in [-0.1, -0.05) is 0 Å². The maximum absolute atomic E-state index is 10.2. The first-order valence-corrected chi connectivity index (χ1v) is 1.83. The van der Waals surface area contributed by atoms with Crippen molar-refractivity contribution in [3.8, 4) is 0 Å². The average molecular weight is 87.1 g/mol. The summed E-state index contributed by atoms with van der Waals surface area (Å²) in [5.41, 5.74) is 4.79. The minimum absolute atomic E-state index is 0.308. The van der Waals surface area contributed by atoms with Crippen molar-refractivity contribution < 1.29 is 7.54 Å². The molecule has 1 unspecified atom stereocenters. The molecule has 0 aliphatic heterocycles. The zero-order valence-corrected chi connectivity index (χ0v) is 3.27. The van der Waals surface area contributed by atoms with Crippen molar-refractivity contribution in [3.63, 3.8) is 0 Å². The van der Waals surface area contributed by atoms with E-state index in [2.05, 4.69) is 0 Å². The molecule has 1 atom stereocenters. The van der Waals surface area contributed by atoms with Gasteiger partial charge in [0.25, 0.3) is 0 Å². The number of hydrogen-bond acceptors (Lipinski definition) is 1. The lowest BCUT2D eigenvalue weighted by molar-refractivity contribution is -0.119. The molecule has 34 valence electrons. The van der Waals surface area contributed by atoms with Crippen molar-refractivity contribution in [2.75, 3.05) is 0 Å². The van der Waals surface area contributed by atoms with Crippen LogP contribution in [0.4, 0.5) is 0 Å². The van der Waals surface area contributed by atoms with Crippen molar-refractivity contribution in [2.24, 2.45) is 11.7 Å². The van der Waals surface area contributed by atoms with E-state index in [9.17, 15) is 4.79 Å². The lowest BCUT2D eigenvalue weighted by Crippen LogP contribution is -2.11. The van der Waals surface area contributed by atoms with E-state index in [-0.39, 0.29) is 0 Å². The van der Waals surface area contributed by atoms with Crippen LogP contribution in [-0.2, 0) is 4.79 Å². The summed E-state index contributed by atoms with van der Waals surface area (Å²) in [6.45, 7) is 0. The summed E-state index contributed by atoms with van der Waals surface area (Å²) in [5, 5.41) is 0. The molecule has 0 aromatic carbocycles. The molecule has 2 nitrogen and oxygen atoms in total. The third-order valence-electron chi connectivity index (χ3n) is 0.752. The molecule has 1 aliphatic carbocycles. The Morgan fingerprint density at radius 3 is 2.67 bits per heavy atom. The average Bonchev–Trinajstić information content (AvgIpc) is 2.13. The van der Waals surface area contributed by atoms with Crippen LogP contribution in [0.15, 0.2) is 0 Å². The highest BCUT2D eigenvalue weighted by atomic mass is 16.1. The molecule has 1 fully saturated rings. The third-order valence-corrected chi connectivity index (χ3v) is 0.752. The van der Waals surface area contributed by atoms with Gasteiger partial charge in [0.1, 0.15) is 0 Å². The van der Waals surface area contributed by atoms with Crippen LogP contribution in [-0.4, -0.2) is 5.91 Å². The van der Waals surface area contributed by atoms with Crippen LogP contribution in [0.1, 0.15) is 15.5 Å². The van der Waals surface area contributed by atoms with Gasteiger partial charge in [-0.2, -0.15) is 0 Å². The molecule has 2 N–H and O–H groups in total. The maximum Gasteiger partial charge on any atom is 0.220 e. The van der Waals surface area contributed by atoms with Crippen molar-refractivity contribution >= 4 is 5.91 Å². The van der Waals surface area contributed by atoms with Crippen molar-refractivity contribution in [1.29, 1.82) is 0 Å². The number of amides is 1. The van der Waals surface area contributed by atoms with Gasteiger partial charge in [0.2, 0.25) is 5.91 Å². The molecule has 0 bridgehead atoms. The van der Waals surface area contributed by atoms with Crippen LogP contribution in [0, 0.1) is 5.92 Å². The highest BCUT2D eigenvalue weighted by Gasteiger charge is 2.26.